The second-order valence-electron chi connectivity index (χ2n) is 7.73. The zero-order valence-electron chi connectivity index (χ0n) is 16.4. The Morgan fingerprint density at radius 2 is 2.03 bits per heavy atom. The second kappa shape index (κ2) is 7.05. The van der Waals surface area contributed by atoms with E-state index >= 15 is 0 Å². The third-order valence-corrected chi connectivity index (χ3v) is 6.04. The summed E-state index contributed by atoms with van der Waals surface area (Å²) in [4.78, 5) is 46.0. The van der Waals surface area contributed by atoms with Crippen LogP contribution in [0.1, 0.15) is 24.2 Å². The Labute approximate surface area is 171 Å². The van der Waals surface area contributed by atoms with Crippen molar-refractivity contribution in [3.63, 3.8) is 0 Å². The molecule has 2 aliphatic heterocycles. The van der Waals surface area contributed by atoms with E-state index in [9.17, 15) is 14.4 Å². The van der Waals surface area contributed by atoms with E-state index in [1.54, 1.807) is 34.9 Å². The molecule has 0 saturated carbocycles. The molecule has 1 aromatic carbocycles. The van der Waals surface area contributed by atoms with E-state index in [0.29, 0.717) is 41.8 Å². The molecule has 2 amide bonds. The molecule has 2 aliphatic rings. The topological polar surface area (TPSA) is 114 Å². The molecule has 30 heavy (non-hydrogen) atoms. The number of aromatic nitrogens is 4. The molecule has 2 atom stereocenters. The van der Waals surface area contributed by atoms with Crippen LogP contribution in [0, 0.1) is 6.92 Å². The molecule has 10 nitrogen and oxygen atoms in total. The fraction of sp³-hybridized carbons (Fsp3) is 0.400. The Morgan fingerprint density at radius 3 is 2.83 bits per heavy atom. The first-order valence-electron chi connectivity index (χ1n) is 9.84. The molecule has 0 N–H and O–H groups in total. The average Bonchev–Trinajstić information content (AvgIpc) is 3.41. The van der Waals surface area contributed by atoms with Crippen LogP contribution in [0.5, 0.6) is 0 Å². The summed E-state index contributed by atoms with van der Waals surface area (Å²) in [6.07, 6.45) is 2.37. The van der Waals surface area contributed by atoms with Crippen molar-refractivity contribution in [3.8, 4) is 0 Å². The lowest BCUT2D eigenvalue weighted by molar-refractivity contribution is -0.132. The van der Waals surface area contributed by atoms with Gasteiger partial charge < -0.3 is 9.80 Å². The van der Waals surface area contributed by atoms with Gasteiger partial charge in [0.2, 0.25) is 11.8 Å². The number of amides is 2. The maximum absolute atomic E-state index is 13.0. The van der Waals surface area contributed by atoms with Crippen molar-refractivity contribution < 1.29 is 14.2 Å². The number of hydrogen-bond donors (Lipinski definition) is 0. The highest BCUT2D eigenvalue weighted by molar-refractivity contribution is 5.84. The number of carbonyl (C=O) groups is 2. The molecule has 2 saturated heterocycles. The summed E-state index contributed by atoms with van der Waals surface area (Å²) in [5.74, 6) is -0.204. The number of fused-ring (bicyclic) bond motifs is 2. The molecular weight excluding hydrogens is 388 g/mol. The molecule has 0 bridgehead atoms. The van der Waals surface area contributed by atoms with Crippen molar-refractivity contribution in [3.05, 3.63) is 52.3 Å². The summed E-state index contributed by atoms with van der Waals surface area (Å²) in [6, 6.07) is 6.78. The molecule has 0 aliphatic carbocycles. The lowest BCUT2D eigenvalue weighted by Crippen LogP contribution is -2.42. The van der Waals surface area contributed by atoms with Gasteiger partial charge in [-0.2, -0.15) is 0 Å². The lowest BCUT2D eigenvalue weighted by atomic mass is 10.1. The van der Waals surface area contributed by atoms with E-state index < -0.39 is 0 Å². The zero-order valence-corrected chi connectivity index (χ0v) is 16.4. The predicted molar refractivity (Wildman–Crippen MR) is 104 cm³/mol. The number of hydrogen-bond acceptors (Lipinski definition) is 7. The summed E-state index contributed by atoms with van der Waals surface area (Å²) in [6.45, 7) is 2.55. The minimum Gasteiger partial charge on any atom is -0.335 e. The van der Waals surface area contributed by atoms with Gasteiger partial charge in [-0.1, -0.05) is 22.4 Å². The predicted octanol–water partition coefficient (Wildman–Crippen LogP) is 0.490. The smallest absolute Gasteiger partial charge is 0.261 e. The molecule has 10 heteroatoms. The Kier molecular flexibility index (Phi) is 4.34. The van der Waals surface area contributed by atoms with Crippen LogP contribution in [0.25, 0.3) is 10.9 Å². The first kappa shape index (κ1) is 18.5. The molecule has 2 fully saturated rings. The summed E-state index contributed by atoms with van der Waals surface area (Å²) in [5.41, 5.74) is 1.63. The van der Waals surface area contributed by atoms with Crippen molar-refractivity contribution in [2.75, 3.05) is 6.54 Å². The minimum absolute atomic E-state index is 0.0190. The van der Waals surface area contributed by atoms with Crippen LogP contribution >= 0.6 is 0 Å². The summed E-state index contributed by atoms with van der Waals surface area (Å²) in [5, 5.41) is 8.11. The Morgan fingerprint density at radius 1 is 1.20 bits per heavy atom. The lowest BCUT2D eigenvalue weighted by Gasteiger charge is -2.25. The normalized spacial score (nSPS) is 20.9. The number of carbonyl (C=O) groups excluding carboxylic acids is 2. The number of para-hydroxylation sites is 1. The van der Waals surface area contributed by atoms with Gasteiger partial charge in [-0.3, -0.25) is 19.0 Å². The van der Waals surface area contributed by atoms with E-state index in [4.69, 9.17) is 4.63 Å². The van der Waals surface area contributed by atoms with Crippen LogP contribution in [0.4, 0.5) is 0 Å². The molecule has 5 rings (SSSR count). The van der Waals surface area contributed by atoms with E-state index in [2.05, 4.69) is 15.3 Å². The standard InChI is InChI=1S/C20H20N6O4/c1-12-15(23-30-22-12)9-26-16-6-7-25(17(16)8-18(26)27)19(28)10-24-11-21-14-5-3-2-4-13(14)20(24)29/h2-5,11,16-17H,6-10H2,1H3/t16-,17-/m0/s1. The van der Waals surface area contributed by atoms with Gasteiger partial charge in [-0.15, -0.1) is 0 Å². The largest absolute Gasteiger partial charge is 0.335 e. The van der Waals surface area contributed by atoms with Crippen LogP contribution in [0.3, 0.4) is 0 Å². The molecule has 4 heterocycles. The van der Waals surface area contributed by atoms with Crippen molar-refractivity contribution in [1.82, 2.24) is 29.7 Å². The maximum atomic E-state index is 13.0. The van der Waals surface area contributed by atoms with Gasteiger partial charge in [0, 0.05) is 13.0 Å². The summed E-state index contributed by atoms with van der Waals surface area (Å²) >= 11 is 0. The average molecular weight is 408 g/mol. The number of aryl methyl sites for hydroxylation is 1. The monoisotopic (exact) mass is 408 g/mol. The third kappa shape index (κ3) is 2.95. The van der Waals surface area contributed by atoms with Crippen molar-refractivity contribution >= 4 is 22.7 Å². The van der Waals surface area contributed by atoms with Gasteiger partial charge in [0.15, 0.2) is 0 Å². The molecule has 3 aromatic rings. The summed E-state index contributed by atoms with van der Waals surface area (Å²) in [7, 11) is 0. The van der Waals surface area contributed by atoms with E-state index in [1.165, 1.54) is 10.9 Å². The van der Waals surface area contributed by atoms with Crippen LogP contribution in [0.15, 0.2) is 40.0 Å². The zero-order chi connectivity index (χ0) is 20.8. The first-order chi connectivity index (χ1) is 14.5. The van der Waals surface area contributed by atoms with Crippen LogP contribution < -0.4 is 5.56 Å². The number of rotatable bonds is 4. The fourth-order valence-electron chi connectivity index (χ4n) is 4.45. The molecule has 154 valence electrons. The van der Waals surface area contributed by atoms with Crippen LogP contribution in [-0.4, -0.2) is 60.1 Å². The highest BCUT2D eigenvalue weighted by Gasteiger charge is 2.48. The Hall–Kier alpha value is -3.56. The molecule has 0 spiro atoms. The summed E-state index contributed by atoms with van der Waals surface area (Å²) < 4.78 is 6.06. The van der Waals surface area contributed by atoms with Gasteiger partial charge >= 0.3 is 0 Å². The molecule has 2 aromatic heterocycles. The second-order valence-corrected chi connectivity index (χ2v) is 7.73. The maximum Gasteiger partial charge on any atom is 0.261 e. The van der Waals surface area contributed by atoms with E-state index in [0.717, 1.165) is 0 Å². The van der Waals surface area contributed by atoms with Crippen LogP contribution in [0.2, 0.25) is 0 Å². The third-order valence-electron chi connectivity index (χ3n) is 6.04. The number of nitrogens with zero attached hydrogens (tertiary/aromatic N) is 6. The van der Waals surface area contributed by atoms with Crippen molar-refractivity contribution in [1.29, 1.82) is 0 Å². The SMILES string of the molecule is Cc1nonc1CN1C(=O)C[C@H]2[C@@H]1CCN2C(=O)Cn1cnc2ccccc2c1=O. The van der Waals surface area contributed by atoms with Gasteiger partial charge in [-0.25, -0.2) is 9.61 Å². The van der Waals surface area contributed by atoms with E-state index in [-0.39, 0.29) is 42.4 Å². The minimum atomic E-state index is -0.247. The fourth-order valence-corrected chi connectivity index (χ4v) is 4.45. The number of likely N-dealkylation sites (tertiary alicyclic amines) is 2. The Bertz CT molecular complexity index is 1200. The van der Waals surface area contributed by atoms with E-state index in [1.807, 2.05) is 6.07 Å². The van der Waals surface area contributed by atoms with Gasteiger partial charge in [0.1, 0.15) is 17.9 Å². The van der Waals surface area contributed by atoms with Crippen molar-refractivity contribution in [2.45, 2.75) is 44.9 Å². The number of benzene rings is 1. The van der Waals surface area contributed by atoms with Crippen molar-refractivity contribution in [2.24, 2.45) is 0 Å². The molecular formula is C20H20N6O4. The first-order valence-corrected chi connectivity index (χ1v) is 9.84. The quantitative estimate of drug-likeness (QED) is 0.617. The highest BCUT2D eigenvalue weighted by Crippen LogP contribution is 2.33. The van der Waals surface area contributed by atoms with Gasteiger partial charge in [-0.05, 0) is 25.5 Å². The molecule has 0 unspecified atom stereocenters. The molecule has 0 radical (unpaired) electrons. The van der Waals surface area contributed by atoms with Gasteiger partial charge in [0.25, 0.3) is 5.56 Å². The highest BCUT2D eigenvalue weighted by atomic mass is 16.6. The Balaban J connectivity index is 1.33. The van der Waals surface area contributed by atoms with Gasteiger partial charge in [0.05, 0.1) is 35.9 Å². The van der Waals surface area contributed by atoms with Crippen LogP contribution in [-0.2, 0) is 22.7 Å².